The van der Waals surface area contributed by atoms with Gasteiger partial charge in [0, 0.05) is 17.9 Å². The monoisotopic (exact) mass is 266 g/mol. The van der Waals surface area contributed by atoms with Gasteiger partial charge in [0.05, 0.1) is 18.6 Å². The molecule has 0 spiro atoms. The Bertz CT molecular complexity index is 538. The van der Waals surface area contributed by atoms with Gasteiger partial charge in [0.15, 0.2) is 5.78 Å². The van der Waals surface area contributed by atoms with Gasteiger partial charge in [0.2, 0.25) is 0 Å². The molecule has 5 heteroatoms. The molecule has 0 radical (unpaired) electrons. The lowest BCUT2D eigenvalue weighted by atomic mass is 9.99. The van der Waals surface area contributed by atoms with E-state index >= 15 is 0 Å². The Labute approximate surface area is 110 Å². The molecule has 1 aromatic carbocycles. The number of carbonyl (C=O) groups is 2. The Kier molecular flexibility index (Phi) is 3.55. The van der Waals surface area contributed by atoms with Crippen LogP contribution in [-0.4, -0.2) is 24.0 Å². The minimum Gasteiger partial charge on any atom is -0.496 e. The highest BCUT2D eigenvalue weighted by Crippen LogP contribution is 2.52. The third kappa shape index (κ3) is 2.32. The van der Waals surface area contributed by atoms with Crippen LogP contribution < -0.4 is 4.74 Å². The second kappa shape index (κ2) is 4.99. The quantitative estimate of drug-likeness (QED) is 0.832. The van der Waals surface area contributed by atoms with E-state index in [1.807, 2.05) is 0 Å². The molecule has 1 aromatic rings. The SMILES string of the molecule is CCC(=O)c1ccc(F)c(C2CC2C(=O)O)c1OC. The van der Waals surface area contributed by atoms with Crippen LogP contribution in [0.3, 0.4) is 0 Å². The van der Waals surface area contributed by atoms with Gasteiger partial charge >= 0.3 is 5.97 Å². The van der Waals surface area contributed by atoms with E-state index in [0.29, 0.717) is 12.0 Å². The molecule has 1 fully saturated rings. The molecule has 4 nitrogen and oxygen atoms in total. The van der Waals surface area contributed by atoms with Gasteiger partial charge in [-0.05, 0) is 18.6 Å². The fourth-order valence-electron chi connectivity index (χ4n) is 2.34. The number of carboxylic acids is 1. The van der Waals surface area contributed by atoms with Crippen molar-refractivity contribution in [3.8, 4) is 5.75 Å². The van der Waals surface area contributed by atoms with E-state index in [0.717, 1.165) is 0 Å². The maximum absolute atomic E-state index is 13.9. The van der Waals surface area contributed by atoms with Gasteiger partial charge in [0.1, 0.15) is 11.6 Å². The first-order valence-electron chi connectivity index (χ1n) is 6.13. The Morgan fingerprint density at radius 2 is 2.16 bits per heavy atom. The molecule has 0 amide bonds. The minimum atomic E-state index is -0.946. The Balaban J connectivity index is 2.48. The molecule has 0 saturated heterocycles. The Morgan fingerprint density at radius 3 is 2.63 bits per heavy atom. The predicted molar refractivity (Wildman–Crippen MR) is 66.1 cm³/mol. The summed E-state index contributed by atoms with van der Waals surface area (Å²) in [7, 11) is 1.36. The summed E-state index contributed by atoms with van der Waals surface area (Å²) in [6, 6.07) is 2.60. The first kappa shape index (κ1) is 13.5. The van der Waals surface area contributed by atoms with E-state index in [-0.39, 0.29) is 23.5 Å². The van der Waals surface area contributed by atoms with Gasteiger partial charge in [-0.25, -0.2) is 4.39 Å². The number of halogens is 1. The van der Waals surface area contributed by atoms with Crippen LogP contribution >= 0.6 is 0 Å². The second-order valence-electron chi connectivity index (χ2n) is 4.61. The molecule has 2 atom stereocenters. The fraction of sp³-hybridized carbons (Fsp3) is 0.429. The molecule has 19 heavy (non-hydrogen) atoms. The first-order valence-corrected chi connectivity index (χ1v) is 6.13. The molecular formula is C14H15FO4. The van der Waals surface area contributed by atoms with Crippen molar-refractivity contribution in [2.24, 2.45) is 5.92 Å². The largest absolute Gasteiger partial charge is 0.496 e. The highest BCUT2D eigenvalue weighted by Gasteiger charge is 2.47. The number of ketones is 1. The van der Waals surface area contributed by atoms with Gasteiger partial charge in [0.25, 0.3) is 0 Å². The molecule has 1 N–H and O–H groups in total. The number of carbonyl (C=O) groups excluding carboxylic acids is 1. The highest BCUT2D eigenvalue weighted by atomic mass is 19.1. The standard InChI is InChI=1S/C14H15FO4/c1-3-11(16)7-4-5-10(15)12(13(7)19-2)8-6-9(8)14(17)18/h4-5,8-9H,3,6H2,1-2H3,(H,17,18). The maximum atomic E-state index is 13.9. The van der Waals surface area contributed by atoms with Gasteiger partial charge < -0.3 is 9.84 Å². The number of ether oxygens (including phenoxy) is 1. The van der Waals surface area contributed by atoms with Gasteiger partial charge in [-0.15, -0.1) is 0 Å². The lowest BCUT2D eigenvalue weighted by molar-refractivity contribution is -0.138. The van der Waals surface area contributed by atoms with Crippen molar-refractivity contribution < 1.29 is 23.8 Å². The normalized spacial score (nSPS) is 21.0. The molecular weight excluding hydrogens is 251 g/mol. The lowest BCUT2D eigenvalue weighted by Crippen LogP contribution is -2.07. The zero-order valence-electron chi connectivity index (χ0n) is 10.8. The van der Waals surface area contributed by atoms with Crippen molar-refractivity contribution in [1.82, 2.24) is 0 Å². The maximum Gasteiger partial charge on any atom is 0.307 e. The van der Waals surface area contributed by atoms with Gasteiger partial charge in [-0.2, -0.15) is 0 Å². The summed E-state index contributed by atoms with van der Waals surface area (Å²) in [6.45, 7) is 1.71. The van der Waals surface area contributed by atoms with Crippen molar-refractivity contribution in [2.45, 2.75) is 25.7 Å². The van der Waals surface area contributed by atoms with Crippen molar-refractivity contribution in [2.75, 3.05) is 7.11 Å². The number of methoxy groups -OCH3 is 1. The Hall–Kier alpha value is -1.91. The second-order valence-corrected chi connectivity index (χ2v) is 4.61. The molecule has 1 saturated carbocycles. The number of benzene rings is 1. The van der Waals surface area contributed by atoms with Crippen LogP contribution in [0.2, 0.25) is 0 Å². The molecule has 102 valence electrons. The smallest absolute Gasteiger partial charge is 0.307 e. The van der Waals surface area contributed by atoms with Crippen molar-refractivity contribution in [3.05, 3.63) is 29.1 Å². The van der Waals surface area contributed by atoms with Gasteiger partial charge in [-0.1, -0.05) is 6.92 Å². The van der Waals surface area contributed by atoms with Crippen LogP contribution in [0.4, 0.5) is 4.39 Å². The summed E-state index contributed by atoms with van der Waals surface area (Å²) >= 11 is 0. The molecule has 0 aliphatic heterocycles. The molecule has 1 aliphatic carbocycles. The summed E-state index contributed by atoms with van der Waals surface area (Å²) in [6.07, 6.45) is 0.668. The third-order valence-electron chi connectivity index (χ3n) is 3.45. The number of hydrogen-bond donors (Lipinski definition) is 1. The fourth-order valence-corrected chi connectivity index (χ4v) is 2.34. The zero-order valence-corrected chi connectivity index (χ0v) is 10.8. The van der Waals surface area contributed by atoms with E-state index in [1.165, 1.54) is 19.2 Å². The van der Waals surface area contributed by atoms with Crippen molar-refractivity contribution >= 4 is 11.8 Å². The van der Waals surface area contributed by atoms with Crippen LogP contribution in [0.25, 0.3) is 0 Å². The zero-order chi connectivity index (χ0) is 14.2. The Morgan fingerprint density at radius 1 is 1.47 bits per heavy atom. The topological polar surface area (TPSA) is 63.6 Å². The highest BCUT2D eigenvalue weighted by molar-refractivity contribution is 5.99. The van der Waals surface area contributed by atoms with Crippen LogP contribution in [0.1, 0.15) is 41.6 Å². The average molecular weight is 266 g/mol. The minimum absolute atomic E-state index is 0.148. The number of aliphatic carboxylic acids is 1. The molecule has 1 aliphatic rings. The summed E-state index contributed by atoms with van der Waals surface area (Å²) in [5.74, 6) is -2.42. The summed E-state index contributed by atoms with van der Waals surface area (Å²) in [4.78, 5) is 22.7. The van der Waals surface area contributed by atoms with Crippen LogP contribution in [0.5, 0.6) is 5.75 Å². The summed E-state index contributed by atoms with van der Waals surface area (Å²) < 4.78 is 19.1. The first-order chi connectivity index (χ1) is 9.01. The molecule has 2 rings (SSSR count). The van der Waals surface area contributed by atoms with Gasteiger partial charge in [-0.3, -0.25) is 9.59 Å². The predicted octanol–water partition coefficient (Wildman–Crippen LogP) is 2.62. The molecule has 0 heterocycles. The van der Waals surface area contributed by atoms with E-state index in [9.17, 15) is 14.0 Å². The molecule has 0 bridgehead atoms. The average Bonchev–Trinajstić information content (AvgIpc) is 3.17. The molecule has 0 aromatic heterocycles. The summed E-state index contributed by atoms with van der Waals surface area (Å²) in [5.41, 5.74) is 0.534. The lowest BCUT2D eigenvalue weighted by Gasteiger charge is -2.13. The number of rotatable bonds is 5. The van der Waals surface area contributed by atoms with Crippen LogP contribution in [0.15, 0.2) is 12.1 Å². The number of hydrogen-bond acceptors (Lipinski definition) is 3. The molecule has 2 unspecified atom stereocenters. The van der Waals surface area contributed by atoms with E-state index in [1.54, 1.807) is 6.92 Å². The summed E-state index contributed by atoms with van der Waals surface area (Å²) in [5, 5.41) is 8.93. The van der Waals surface area contributed by atoms with E-state index in [2.05, 4.69) is 0 Å². The van der Waals surface area contributed by atoms with E-state index < -0.39 is 23.6 Å². The van der Waals surface area contributed by atoms with Crippen molar-refractivity contribution in [3.63, 3.8) is 0 Å². The van der Waals surface area contributed by atoms with E-state index in [4.69, 9.17) is 9.84 Å². The van der Waals surface area contributed by atoms with Crippen LogP contribution in [-0.2, 0) is 4.79 Å². The number of carboxylic acid groups (broad SMARTS) is 1. The van der Waals surface area contributed by atoms with Crippen LogP contribution in [0, 0.1) is 11.7 Å². The third-order valence-corrected chi connectivity index (χ3v) is 3.45. The number of Topliss-reactive ketones (excluding diaryl/α,β-unsaturated/α-hetero) is 1. The van der Waals surface area contributed by atoms with Crippen molar-refractivity contribution in [1.29, 1.82) is 0 Å².